The molecule has 1 fully saturated rings. The third-order valence-corrected chi connectivity index (χ3v) is 3.29. The lowest BCUT2D eigenvalue weighted by atomic mass is 9.84. The summed E-state index contributed by atoms with van der Waals surface area (Å²) < 4.78 is 0. The Bertz CT molecular complexity index is 263. The normalized spacial score (nSPS) is 25.2. The lowest BCUT2D eigenvalue weighted by Gasteiger charge is -2.32. The maximum absolute atomic E-state index is 12.3. The molecule has 3 nitrogen and oxygen atoms in total. The first-order valence-corrected chi connectivity index (χ1v) is 6.25. The van der Waals surface area contributed by atoms with Gasteiger partial charge in [-0.25, -0.2) is 0 Å². The van der Waals surface area contributed by atoms with Gasteiger partial charge < -0.3 is 10.6 Å². The molecule has 1 aliphatic carbocycles. The minimum atomic E-state index is 0.0352. The molecule has 16 heavy (non-hydrogen) atoms. The van der Waals surface area contributed by atoms with E-state index in [1.165, 1.54) is 0 Å². The molecule has 0 saturated heterocycles. The van der Waals surface area contributed by atoms with Gasteiger partial charge in [0.2, 0.25) is 5.91 Å². The fourth-order valence-electron chi connectivity index (χ4n) is 2.37. The summed E-state index contributed by atoms with van der Waals surface area (Å²) >= 11 is 0. The highest BCUT2D eigenvalue weighted by Gasteiger charge is 2.30. The summed E-state index contributed by atoms with van der Waals surface area (Å²) in [6.45, 7) is 9.24. The number of rotatable bonds is 4. The highest BCUT2D eigenvalue weighted by atomic mass is 16.2. The first-order valence-electron chi connectivity index (χ1n) is 6.25. The number of carbonyl (C=O) groups excluding carboxylic acids is 1. The molecule has 2 N–H and O–H groups in total. The molecule has 3 heteroatoms. The summed E-state index contributed by atoms with van der Waals surface area (Å²) in [6, 6.07) is 0.0559. The zero-order chi connectivity index (χ0) is 12.1. The summed E-state index contributed by atoms with van der Waals surface area (Å²) in [4.78, 5) is 14.2. The fourth-order valence-corrected chi connectivity index (χ4v) is 2.37. The van der Waals surface area contributed by atoms with Crippen LogP contribution in [-0.2, 0) is 4.79 Å². The van der Waals surface area contributed by atoms with Crippen LogP contribution in [0.25, 0.3) is 0 Å². The molecule has 2 atom stereocenters. The molecule has 0 spiro atoms. The SMILES string of the molecule is C=C(C)CN(CC)C(=O)C1CCCCC1N. The lowest BCUT2D eigenvalue weighted by Crippen LogP contribution is -2.46. The van der Waals surface area contributed by atoms with E-state index in [0.717, 1.165) is 37.8 Å². The van der Waals surface area contributed by atoms with Crippen LogP contribution in [-0.4, -0.2) is 29.9 Å². The van der Waals surface area contributed by atoms with Crippen molar-refractivity contribution in [2.45, 2.75) is 45.6 Å². The predicted octanol–water partition coefficient (Wildman–Crippen LogP) is 1.93. The van der Waals surface area contributed by atoms with Crippen molar-refractivity contribution in [1.82, 2.24) is 4.90 Å². The van der Waals surface area contributed by atoms with Gasteiger partial charge in [-0.05, 0) is 26.7 Å². The quantitative estimate of drug-likeness (QED) is 0.742. The van der Waals surface area contributed by atoms with Crippen LogP contribution in [0.15, 0.2) is 12.2 Å². The second-order valence-corrected chi connectivity index (χ2v) is 4.86. The van der Waals surface area contributed by atoms with Gasteiger partial charge in [0.05, 0.1) is 5.92 Å². The number of amides is 1. The molecule has 0 radical (unpaired) electrons. The maximum Gasteiger partial charge on any atom is 0.227 e. The van der Waals surface area contributed by atoms with Gasteiger partial charge in [0, 0.05) is 19.1 Å². The van der Waals surface area contributed by atoms with Crippen LogP contribution in [0.3, 0.4) is 0 Å². The maximum atomic E-state index is 12.3. The molecule has 0 aromatic carbocycles. The molecule has 0 aromatic heterocycles. The Balaban J connectivity index is 2.62. The van der Waals surface area contributed by atoms with Crippen LogP contribution in [0.4, 0.5) is 0 Å². The van der Waals surface area contributed by atoms with E-state index in [2.05, 4.69) is 6.58 Å². The molecule has 0 heterocycles. The van der Waals surface area contributed by atoms with E-state index in [1.54, 1.807) is 0 Å². The average Bonchev–Trinajstić information content (AvgIpc) is 2.25. The molecule has 1 rings (SSSR count). The third-order valence-electron chi connectivity index (χ3n) is 3.29. The second kappa shape index (κ2) is 6.04. The lowest BCUT2D eigenvalue weighted by molar-refractivity contribution is -0.136. The van der Waals surface area contributed by atoms with Crippen molar-refractivity contribution in [3.05, 3.63) is 12.2 Å². The van der Waals surface area contributed by atoms with Crippen molar-refractivity contribution in [2.24, 2.45) is 11.7 Å². The van der Waals surface area contributed by atoms with E-state index in [-0.39, 0.29) is 17.9 Å². The molecule has 0 aromatic rings. The molecule has 92 valence electrons. The Kier molecular flexibility index (Phi) is 5.00. The number of carbonyl (C=O) groups is 1. The van der Waals surface area contributed by atoms with Gasteiger partial charge in [0.15, 0.2) is 0 Å². The molecule has 0 bridgehead atoms. The van der Waals surface area contributed by atoms with E-state index < -0.39 is 0 Å². The van der Waals surface area contributed by atoms with E-state index in [9.17, 15) is 4.79 Å². The predicted molar refractivity (Wildman–Crippen MR) is 67.0 cm³/mol. The van der Waals surface area contributed by atoms with E-state index in [1.807, 2.05) is 18.7 Å². The highest BCUT2D eigenvalue weighted by Crippen LogP contribution is 2.24. The van der Waals surface area contributed by atoms with Gasteiger partial charge in [0.25, 0.3) is 0 Å². The minimum absolute atomic E-state index is 0.0352. The average molecular weight is 224 g/mol. The van der Waals surface area contributed by atoms with Crippen LogP contribution in [0, 0.1) is 5.92 Å². The van der Waals surface area contributed by atoms with Gasteiger partial charge >= 0.3 is 0 Å². The van der Waals surface area contributed by atoms with E-state index >= 15 is 0 Å². The molecule has 1 aliphatic rings. The first-order chi connectivity index (χ1) is 7.56. The largest absolute Gasteiger partial charge is 0.339 e. The summed E-state index contributed by atoms with van der Waals surface area (Å²) in [7, 11) is 0. The van der Waals surface area contributed by atoms with Gasteiger partial charge in [-0.2, -0.15) is 0 Å². The number of nitrogens with zero attached hydrogens (tertiary/aromatic N) is 1. The van der Waals surface area contributed by atoms with Crippen molar-refractivity contribution in [3.63, 3.8) is 0 Å². The molecular weight excluding hydrogens is 200 g/mol. The van der Waals surface area contributed by atoms with Crippen molar-refractivity contribution in [2.75, 3.05) is 13.1 Å². The zero-order valence-corrected chi connectivity index (χ0v) is 10.5. The summed E-state index contributed by atoms with van der Waals surface area (Å²) in [6.07, 6.45) is 4.24. The Morgan fingerprint density at radius 3 is 2.56 bits per heavy atom. The smallest absolute Gasteiger partial charge is 0.227 e. The van der Waals surface area contributed by atoms with Gasteiger partial charge in [-0.1, -0.05) is 25.0 Å². The highest BCUT2D eigenvalue weighted by molar-refractivity contribution is 5.79. The number of nitrogens with two attached hydrogens (primary N) is 1. The number of likely N-dealkylation sites (N-methyl/N-ethyl adjacent to an activating group) is 1. The van der Waals surface area contributed by atoms with Gasteiger partial charge in [-0.3, -0.25) is 4.79 Å². The summed E-state index contributed by atoms with van der Waals surface area (Å²) in [5, 5.41) is 0. The van der Waals surface area contributed by atoms with Crippen molar-refractivity contribution in [3.8, 4) is 0 Å². The van der Waals surface area contributed by atoms with Crippen molar-refractivity contribution < 1.29 is 4.79 Å². The van der Waals surface area contributed by atoms with E-state index in [0.29, 0.717) is 6.54 Å². The summed E-state index contributed by atoms with van der Waals surface area (Å²) in [5.41, 5.74) is 7.06. The summed E-state index contributed by atoms with van der Waals surface area (Å²) in [5.74, 6) is 0.255. The monoisotopic (exact) mass is 224 g/mol. The van der Waals surface area contributed by atoms with Gasteiger partial charge in [-0.15, -0.1) is 0 Å². The molecule has 2 unspecified atom stereocenters. The third kappa shape index (κ3) is 3.34. The van der Waals surface area contributed by atoms with Crippen LogP contribution in [0.2, 0.25) is 0 Å². The Hall–Kier alpha value is -0.830. The molecule has 1 saturated carbocycles. The number of hydrogen-bond donors (Lipinski definition) is 1. The van der Waals surface area contributed by atoms with Crippen LogP contribution >= 0.6 is 0 Å². The second-order valence-electron chi connectivity index (χ2n) is 4.86. The van der Waals surface area contributed by atoms with Gasteiger partial charge in [0.1, 0.15) is 0 Å². The van der Waals surface area contributed by atoms with Crippen molar-refractivity contribution >= 4 is 5.91 Å². The molecule has 1 amide bonds. The number of hydrogen-bond acceptors (Lipinski definition) is 2. The van der Waals surface area contributed by atoms with Crippen LogP contribution in [0.5, 0.6) is 0 Å². The minimum Gasteiger partial charge on any atom is -0.339 e. The van der Waals surface area contributed by atoms with Crippen LogP contribution < -0.4 is 5.73 Å². The Labute approximate surface area is 98.7 Å². The Morgan fingerprint density at radius 1 is 1.44 bits per heavy atom. The topological polar surface area (TPSA) is 46.3 Å². The first kappa shape index (κ1) is 13.2. The standard InChI is InChI=1S/C13H24N2O/c1-4-15(9-10(2)3)13(16)11-7-5-6-8-12(11)14/h11-12H,2,4-9,14H2,1,3H3. The van der Waals surface area contributed by atoms with E-state index in [4.69, 9.17) is 5.73 Å². The zero-order valence-electron chi connectivity index (χ0n) is 10.5. The molecular formula is C13H24N2O. The Morgan fingerprint density at radius 2 is 2.06 bits per heavy atom. The van der Waals surface area contributed by atoms with Crippen LogP contribution in [0.1, 0.15) is 39.5 Å². The molecule has 0 aliphatic heterocycles. The fraction of sp³-hybridized carbons (Fsp3) is 0.769. The van der Waals surface area contributed by atoms with Crippen molar-refractivity contribution in [1.29, 1.82) is 0 Å².